The number of hydrogen-bond donors (Lipinski definition) is 3. The van der Waals surface area contributed by atoms with Crippen LogP contribution in [0.25, 0.3) is 0 Å². The van der Waals surface area contributed by atoms with Crippen LogP contribution in [0.15, 0.2) is 0 Å². The number of nitrogens with one attached hydrogen (secondary N) is 1. The van der Waals surface area contributed by atoms with E-state index in [1.165, 1.54) is 0 Å². The number of rotatable bonds is 5. The average Bonchev–Trinajstić information content (AvgIpc) is 1.87. The maximum absolute atomic E-state index is 10.4. The molecule has 0 aliphatic heterocycles. The number of aliphatic hydroxyl groups is 1. The second-order valence-corrected chi connectivity index (χ2v) is 3.16. The van der Waals surface area contributed by atoms with Crippen molar-refractivity contribution in [2.45, 2.75) is 0 Å². The summed E-state index contributed by atoms with van der Waals surface area (Å²) in [6, 6.07) is 0. The van der Waals surface area contributed by atoms with Gasteiger partial charge in [0.05, 0.1) is 6.54 Å². The third-order valence-electron chi connectivity index (χ3n) is 0.722. The second-order valence-electron chi connectivity index (χ2n) is 1.60. The number of carboxylic acids is 1. The van der Waals surface area contributed by atoms with E-state index >= 15 is 0 Å². The lowest BCUT2D eigenvalue weighted by molar-refractivity contribution is -0.135. The highest BCUT2D eigenvalue weighted by Gasteiger charge is 2.11. The summed E-state index contributed by atoms with van der Waals surface area (Å²) in [7, 11) is -1.68. The molecule has 6 heteroatoms. The summed E-state index contributed by atoms with van der Waals surface area (Å²) in [4.78, 5) is 9.85. The van der Waals surface area contributed by atoms with Gasteiger partial charge in [-0.2, -0.15) is 0 Å². The second kappa shape index (κ2) is 5.29. The zero-order valence-corrected chi connectivity index (χ0v) is 6.17. The summed E-state index contributed by atoms with van der Waals surface area (Å²) in [6.07, 6.45) is -0.347. The topological polar surface area (TPSA) is 86.6 Å². The molecule has 0 aliphatic carbocycles. The van der Waals surface area contributed by atoms with Crippen LogP contribution in [0.2, 0.25) is 0 Å². The van der Waals surface area contributed by atoms with E-state index in [0.717, 1.165) is 0 Å². The monoisotopic (exact) mass is 166 g/mol. The van der Waals surface area contributed by atoms with E-state index in [-0.39, 0.29) is 12.8 Å². The van der Waals surface area contributed by atoms with Crippen LogP contribution < -0.4 is 5.32 Å². The molecule has 0 aromatic carbocycles. The summed E-state index contributed by atoms with van der Waals surface area (Å²) >= 11 is 0. The van der Waals surface area contributed by atoms with Gasteiger partial charge in [0.2, 0.25) is 6.35 Å². The predicted octanol–water partition coefficient (Wildman–Crippen LogP) is -0.605. The van der Waals surface area contributed by atoms with Crippen molar-refractivity contribution in [3.05, 3.63) is 0 Å². The Bertz CT molecular complexity index is 137. The Morgan fingerprint density at radius 2 is 2.20 bits per heavy atom. The first-order valence-electron chi connectivity index (χ1n) is 2.62. The fraction of sp³-hybridized carbons (Fsp3) is 0.750. The number of hydrogen-bond acceptors (Lipinski definition) is 4. The lowest BCUT2D eigenvalue weighted by Gasteiger charge is -1.89. The molecule has 0 amide bonds. The van der Waals surface area contributed by atoms with Gasteiger partial charge in [-0.25, -0.2) is 0 Å². The van der Waals surface area contributed by atoms with Crippen molar-refractivity contribution in [3.63, 3.8) is 0 Å². The van der Waals surface area contributed by atoms with E-state index in [0.29, 0.717) is 0 Å². The van der Waals surface area contributed by atoms with Crippen LogP contribution in [-0.4, -0.2) is 35.4 Å². The van der Waals surface area contributed by atoms with E-state index < -0.39 is 20.1 Å². The fourth-order valence-corrected chi connectivity index (χ4v) is 0.799. The molecule has 0 rings (SSSR count). The van der Waals surface area contributed by atoms with Crippen molar-refractivity contribution in [1.29, 1.82) is 0 Å². The predicted molar refractivity (Wildman–Crippen MR) is 35.2 cm³/mol. The van der Waals surface area contributed by atoms with Crippen LogP contribution in [0.3, 0.4) is 0 Å². The van der Waals surface area contributed by atoms with Gasteiger partial charge >= 0.3 is 13.8 Å². The Hall–Kier alpha value is -0.510. The molecule has 5 nitrogen and oxygen atoms in total. The number of carboxylic acid groups (broad SMARTS) is 1. The minimum atomic E-state index is -1.68. The zero-order chi connectivity index (χ0) is 7.98. The SMILES string of the molecule is O=C(O)CNC[P+](=O)CO. The molecule has 0 aromatic rings. The number of aliphatic carboxylic acids is 1. The molecule has 1 unspecified atom stereocenters. The standard InChI is InChI=1S/C4H8NO4P/c6-3-10(9)2-5-1-4(7)8/h5-6H,1-3H2/p+1. The highest BCUT2D eigenvalue weighted by molar-refractivity contribution is 7.44. The Morgan fingerprint density at radius 3 is 2.60 bits per heavy atom. The Morgan fingerprint density at radius 1 is 1.60 bits per heavy atom. The molecule has 58 valence electrons. The smallest absolute Gasteiger partial charge is 0.382 e. The van der Waals surface area contributed by atoms with Crippen LogP contribution in [0.1, 0.15) is 0 Å². The highest BCUT2D eigenvalue weighted by atomic mass is 31.1. The molecule has 0 aromatic heterocycles. The first-order chi connectivity index (χ1) is 4.66. The zero-order valence-electron chi connectivity index (χ0n) is 5.28. The van der Waals surface area contributed by atoms with E-state index in [2.05, 4.69) is 5.32 Å². The summed E-state index contributed by atoms with van der Waals surface area (Å²) in [5.74, 6) is -0.999. The van der Waals surface area contributed by atoms with Crippen molar-refractivity contribution in [2.24, 2.45) is 0 Å². The Balaban J connectivity index is 3.20. The van der Waals surface area contributed by atoms with Gasteiger partial charge in [-0.15, -0.1) is 0 Å². The number of aliphatic hydroxyl groups excluding tert-OH is 1. The van der Waals surface area contributed by atoms with Gasteiger partial charge in [-0.1, -0.05) is 4.57 Å². The van der Waals surface area contributed by atoms with Crippen molar-refractivity contribution < 1.29 is 19.6 Å². The van der Waals surface area contributed by atoms with E-state index in [1.807, 2.05) is 0 Å². The van der Waals surface area contributed by atoms with Crippen LogP contribution in [0.4, 0.5) is 0 Å². The van der Waals surface area contributed by atoms with Gasteiger partial charge in [0, 0.05) is 0 Å². The summed E-state index contributed by atoms with van der Waals surface area (Å²) < 4.78 is 10.4. The summed E-state index contributed by atoms with van der Waals surface area (Å²) in [5, 5.41) is 18.7. The van der Waals surface area contributed by atoms with Gasteiger partial charge in [0.1, 0.15) is 0 Å². The molecule has 0 radical (unpaired) electrons. The maximum atomic E-state index is 10.4. The molecule has 3 N–H and O–H groups in total. The Kier molecular flexibility index (Phi) is 5.02. The molecular weight excluding hydrogens is 157 g/mol. The number of carbonyl (C=O) groups is 1. The van der Waals surface area contributed by atoms with Crippen molar-refractivity contribution >= 4 is 13.8 Å². The largest absolute Gasteiger partial charge is 0.480 e. The molecular formula is C4H9NO4P+. The quantitative estimate of drug-likeness (QED) is 0.474. The fourth-order valence-electron chi connectivity index (χ4n) is 0.338. The molecule has 1 atom stereocenters. The first kappa shape index (κ1) is 9.49. The summed E-state index contributed by atoms with van der Waals surface area (Å²) in [6.45, 7) is -0.221. The van der Waals surface area contributed by atoms with E-state index in [1.54, 1.807) is 0 Å². The van der Waals surface area contributed by atoms with Crippen LogP contribution >= 0.6 is 7.80 Å². The van der Waals surface area contributed by atoms with Gasteiger partial charge in [-0.05, 0) is 0 Å². The minimum absolute atomic E-state index is 0.0537. The van der Waals surface area contributed by atoms with Gasteiger partial charge in [0.15, 0.2) is 6.29 Å². The lowest BCUT2D eigenvalue weighted by atomic mass is 10.7. The molecule has 0 saturated heterocycles. The van der Waals surface area contributed by atoms with Gasteiger partial charge in [0.25, 0.3) is 0 Å². The van der Waals surface area contributed by atoms with Crippen molar-refractivity contribution in [1.82, 2.24) is 5.32 Å². The van der Waals surface area contributed by atoms with E-state index in [4.69, 9.17) is 10.2 Å². The molecule has 0 aliphatic rings. The molecule has 0 fully saturated rings. The van der Waals surface area contributed by atoms with E-state index in [9.17, 15) is 9.36 Å². The third-order valence-corrected chi connectivity index (χ3v) is 1.61. The molecule has 10 heavy (non-hydrogen) atoms. The summed E-state index contributed by atoms with van der Waals surface area (Å²) in [5.41, 5.74) is 0. The normalized spacial score (nSPS) is 11.1. The van der Waals surface area contributed by atoms with Crippen molar-refractivity contribution in [2.75, 3.05) is 19.2 Å². The lowest BCUT2D eigenvalue weighted by Crippen LogP contribution is -2.21. The van der Waals surface area contributed by atoms with Gasteiger partial charge < -0.3 is 10.2 Å². The third kappa shape index (κ3) is 5.62. The van der Waals surface area contributed by atoms with Crippen LogP contribution in [0.5, 0.6) is 0 Å². The van der Waals surface area contributed by atoms with Crippen molar-refractivity contribution in [3.8, 4) is 0 Å². The van der Waals surface area contributed by atoms with Crippen LogP contribution in [-0.2, 0) is 9.36 Å². The maximum Gasteiger partial charge on any atom is 0.382 e. The average molecular weight is 166 g/mol. The van der Waals surface area contributed by atoms with Gasteiger partial charge in [-0.3, -0.25) is 10.1 Å². The Labute approximate surface area is 58.8 Å². The molecule has 0 heterocycles. The first-order valence-corrected chi connectivity index (χ1v) is 4.25. The molecule has 0 spiro atoms. The molecule has 0 saturated carbocycles. The molecule has 0 bridgehead atoms. The highest BCUT2D eigenvalue weighted by Crippen LogP contribution is 2.13. The van der Waals surface area contributed by atoms with Crippen LogP contribution in [0, 0.1) is 0 Å². The minimum Gasteiger partial charge on any atom is -0.480 e.